The van der Waals surface area contributed by atoms with Crippen molar-refractivity contribution in [3.8, 4) is 0 Å². The molecule has 26 heavy (non-hydrogen) atoms. The number of nitrogens with one attached hydrogen (secondary N) is 2. The molecule has 5 nitrogen and oxygen atoms in total. The van der Waals surface area contributed by atoms with Crippen molar-refractivity contribution in [2.75, 3.05) is 31.1 Å². The second kappa shape index (κ2) is 6.78. The summed E-state index contributed by atoms with van der Waals surface area (Å²) in [6.07, 6.45) is 1.55. The number of hydrogen-bond acceptors (Lipinski definition) is 4. The van der Waals surface area contributed by atoms with Gasteiger partial charge in [0.1, 0.15) is 0 Å². The Bertz CT molecular complexity index is 1070. The van der Waals surface area contributed by atoms with Crippen LogP contribution in [0.2, 0.25) is 10.0 Å². The Morgan fingerprint density at radius 3 is 2.50 bits per heavy atom. The molecule has 2 N–H and O–H groups in total. The first-order valence-electron chi connectivity index (χ1n) is 8.24. The summed E-state index contributed by atoms with van der Waals surface area (Å²) < 4.78 is 26.2. The highest BCUT2D eigenvalue weighted by atomic mass is 35.5. The molecule has 2 aromatic carbocycles. The molecule has 3 aromatic rings. The Balaban J connectivity index is 1.83. The van der Waals surface area contributed by atoms with Gasteiger partial charge in [-0.15, -0.1) is 0 Å². The average Bonchev–Trinajstić information content (AvgIpc) is 3.09. The Kier molecular flexibility index (Phi) is 4.61. The third-order valence-electron chi connectivity index (χ3n) is 4.60. The van der Waals surface area contributed by atoms with Gasteiger partial charge in [0.15, 0.2) is 0 Å². The summed E-state index contributed by atoms with van der Waals surface area (Å²) in [7, 11) is -3.71. The van der Waals surface area contributed by atoms with Crippen LogP contribution in [0.5, 0.6) is 0 Å². The van der Waals surface area contributed by atoms with Gasteiger partial charge in [-0.25, -0.2) is 8.42 Å². The lowest BCUT2D eigenvalue weighted by atomic mass is 10.2. The van der Waals surface area contributed by atoms with E-state index in [1.807, 2.05) is 18.2 Å². The molecule has 0 radical (unpaired) electrons. The van der Waals surface area contributed by atoms with E-state index < -0.39 is 9.84 Å². The minimum Gasteiger partial charge on any atom is -0.367 e. The monoisotopic (exact) mass is 409 g/mol. The van der Waals surface area contributed by atoms with Crippen molar-refractivity contribution in [2.24, 2.45) is 0 Å². The van der Waals surface area contributed by atoms with Gasteiger partial charge < -0.3 is 15.2 Å². The second-order valence-corrected chi connectivity index (χ2v) is 8.90. The SMILES string of the molecule is O=S(=O)(c1ccc(Cl)c(Cl)c1)c1c[nH]c2c(N3CCNCC3)cccc12. The van der Waals surface area contributed by atoms with Gasteiger partial charge in [-0.05, 0) is 24.3 Å². The van der Waals surface area contributed by atoms with E-state index in [2.05, 4.69) is 15.2 Å². The van der Waals surface area contributed by atoms with Gasteiger partial charge in [-0.1, -0.05) is 35.3 Å². The van der Waals surface area contributed by atoms with E-state index in [9.17, 15) is 8.42 Å². The zero-order valence-corrected chi connectivity index (χ0v) is 16.1. The van der Waals surface area contributed by atoms with Crippen LogP contribution in [0, 0.1) is 0 Å². The van der Waals surface area contributed by atoms with Crippen LogP contribution in [0.3, 0.4) is 0 Å². The lowest BCUT2D eigenvalue weighted by Crippen LogP contribution is -2.43. The fraction of sp³-hybridized carbons (Fsp3) is 0.222. The number of para-hydroxylation sites is 1. The number of nitrogens with zero attached hydrogens (tertiary/aromatic N) is 1. The molecule has 1 aliphatic heterocycles. The zero-order chi connectivity index (χ0) is 18.3. The Morgan fingerprint density at radius 1 is 1.00 bits per heavy atom. The van der Waals surface area contributed by atoms with Crippen LogP contribution in [-0.4, -0.2) is 39.6 Å². The fourth-order valence-corrected chi connectivity index (χ4v) is 5.09. The van der Waals surface area contributed by atoms with Crippen LogP contribution < -0.4 is 10.2 Å². The third-order valence-corrected chi connectivity index (χ3v) is 7.13. The van der Waals surface area contributed by atoms with E-state index in [0.29, 0.717) is 10.4 Å². The molecule has 1 fully saturated rings. The van der Waals surface area contributed by atoms with Gasteiger partial charge in [-0.2, -0.15) is 0 Å². The van der Waals surface area contributed by atoms with Gasteiger partial charge in [0.2, 0.25) is 9.84 Å². The van der Waals surface area contributed by atoms with Crippen molar-refractivity contribution in [2.45, 2.75) is 9.79 Å². The van der Waals surface area contributed by atoms with Crippen molar-refractivity contribution in [1.82, 2.24) is 10.3 Å². The molecule has 0 bridgehead atoms. The summed E-state index contributed by atoms with van der Waals surface area (Å²) >= 11 is 11.9. The first-order chi connectivity index (χ1) is 12.5. The molecular formula is C18H17Cl2N3O2S. The van der Waals surface area contributed by atoms with E-state index in [4.69, 9.17) is 23.2 Å². The number of anilines is 1. The minimum atomic E-state index is -3.71. The van der Waals surface area contributed by atoms with Crippen molar-refractivity contribution >= 4 is 49.6 Å². The van der Waals surface area contributed by atoms with E-state index in [0.717, 1.165) is 37.4 Å². The van der Waals surface area contributed by atoms with Crippen LogP contribution in [0.4, 0.5) is 5.69 Å². The molecule has 1 aliphatic rings. The quantitative estimate of drug-likeness (QED) is 0.691. The number of sulfone groups is 1. The maximum atomic E-state index is 13.1. The Morgan fingerprint density at radius 2 is 1.77 bits per heavy atom. The number of aromatic nitrogens is 1. The number of benzene rings is 2. The standard InChI is InChI=1S/C18H17Cl2N3O2S/c19-14-5-4-12(10-15(14)20)26(24,25)17-11-22-18-13(17)2-1-3-16(18)23-8-6-21-7-9-23/h1-5,10-11,21-22H,6-9H2. The molecule has 0 aliphatic carbocycles. The van der Waals surface area contributed by atoms with Gasteiger partial charge in [0, 0.05) is 37.8 Å². The highest BCUT2D eigenvalue weighted by Gasteiger charge is 2.24. The highest BCUT2D eigenvalue weighted by molar-refractivity contribution is 7.91. The van der Waals surface area contributed by atoms with Crippen LogP contribution in [-0.2, 0) is 9.84 Å². The lowest BCUT2D eigenvalue weighted by molar-refractivity contribution is 0.590. The molecule has 0 atom stereocenters. The van der Waals surface area contributed by atoms with Crippen LogP contribution >= 0.6 is 23.2 Å². The topological polar surface area (TPSA) is 65.2 Å². The van der Waals surface area contributed by atoms with E-state index in [1.165, 1.54) is 18.2 Å². The number of hydrogen-bond donors (Lipinski definition) is 2. The molecule has 8 heteroatoms. The fourth-order valence-electron chi connectivity index (χ4n) is 3.28. The maximum Gasteiger partial charge on any atom is 0.208 e. The summed E-state index contributed by atoms with van der Waals surface area (Å²) in [5, 5.41) is 4.54. The molecule has 1 saturated heterocycles. The largest absolute Gasteiger partial charge is 0.367 e. The molecule has 0 spiro atoms. The molecule has 0 saturated carbocycles. The van der Waals surface area contributed by atoms with Crippen molar-refractivity contribution < 1.29 is 8.42 Å². The summed E-state index contributed by atoms with van der Waals surface area (Å²) in [5.74, 6) is 0. The maximum absolute atomic E-state index is 13.1. The van der Waals surface area contributed by atoms with Crippen molar-refractivity contribution in [3.63, 3.8) is 0 Å². The average molecular weight is 410 g/mol. The van der Waals surface area contributed by atoms with Crippen molar-refractivity contribution in [3.05, 3.63) is 52.6 Å². The van der Waals surface area contributed by atoms with Gasteiger partial charge in [0.25, 0.3) is 0 Å². The van der Waals surface area contributed by atoms with Crippen LogP contribution in [0.1, 0.15) is 0 Å². The first kappa shape index (κ1) is 17.7. The predicted octanol–water partition coefficient (Wildman–Crippen LogP) is 3.72. The molecule has 2 heterocycles. The molecule has 0 unspecified atom stereocenters. The third kappa shape index (κ3) is 2.97. The van der Waals surface area contributed by atoms with Crippen LogP contribution in [0.15, 0.2) is 52.4 Å². The molecule has 1 aromatic heterocycles. The zero-order valence-electron chi connectivity index (χ0n) is 13.8. The lowest BCUT2D eigenvalue weighted by Gasteiger charge is -2.29. The number of piperazine rings is 1. The minimum absolute atomic E-state index is 0.125. The second-order valence-electron chi connectivity index (χ2n) is 6.17. The van der Waals surface area contributed by atoms with Crippen LogP contribution in [0.25, 0.3) is 10.9 Å². The molecule has 136 valence electrons. The number of fused-ring (bicyclic) bond motifs is 1. The molecule has 4 rings (SSSR count). The number of rotatable bonds is 3. The molecular weight excluding hydrogens is 393 g/mol. The Labute approximate surface area is 161 Å². The van der Waals surface area contributed by atoms with E-state index >= 15 is 0 Å². The molecule has 0 amide bonds. The Hall–Kier alpha value is -1.73. The summed E-state index contributed by atoms with van der Waals surface area (Å²) in [4.78, 5) is 5.77. The number of H-pyrrole nitrogens is 1. The van der Waals surface area contributed by atoms with E-state index in [-0.39, 0.29) is 14.8 Å². The van der Waals surface area contributed by atoms with Gasteiger partial charge in [-0.3, -0.25) is 0 Å². The van der Waals surface area contributed by atoms with E-state index in [1.54, 1.807) is 6.20 Å². The first-order valence-corrected chi connectivity index (χ1v) is 10.5. The highest BCUT2D eigenvalue weighted by Crippen LogP contribution is 2.35. The summed E-state index contributed by atoms with van der Waals surface area (Å²) in [6, 6.07) is 10.1. The number of aromatic amines is 1. The van der Waals surface area contributed by atoms with Crippen molar-refractivity contribution in [1.29, 1.82) is 0 Å². The van der Waals surface area contributed by atoms with Gasteiger partial charge >= 0.3 is 0 Å². The normalized spacial score (nSPS) is 15.5. The summed E-state index contributed by atoms with van der Waals surface area (Å²) in [5.41, 5.74) is 1.84. The van der Waals surface area contributed by atoms with Gasteiger partial charge in [0.05, 0.1) is 31.0 Å². The summed E-state index contributed by atoms with van der Waals surface area (Å²) in [6.45, 7) is 3.58. The smallest absolute Gasteiger partial charge is 0.208 e. The predicted molar refractivity (Wildman–Crippen MR) is 105 cm³/mol. The number of halogens is 2.